The SMILES string of the molecule is C=C1NC(=O)[C@](Cc2c[nH]c3ccccc23)(OC)N(OC)C1=O. The van der Waals surface area contributed by atoms with Crippen LogP contribution in [0.5, 0.6) is 0 Å². The number of amides is 2. The maximum Gasteiger partial charge on any atom is 0.296 e. The lowest BCUT2D eigenvalue weighted by atomic mass is 9.98. The van der Waals surface area contributed by atoms with Gasteiger partial charge in [-0.3, -0.25) is 14.4 Å². The van der Waals surface area contributed by atoms with Gasteiger partial charge in [0.05, 0.1) is 7.11 Å². The minimum atomic E-state index is -1.60. The normalized spacial score (nSPS) is 21.8. The molecule has 0 unspecified atom stereocenters. The van der Waals surface area contributed by atoms with Crippen molar-refractivity contribution in [2.45, 2.75) is 12.1 Å². The third-order valence-electron chi connectivity index (χ3n) is 4.02. The minimum Gasteiger partial charge on any atom is -0.361 e. The summed E-state index contributed by atoms with van der Waals surface area (Å²) in [5.41, 5.74) is 0.117. The summed E-state index contributed by atoms with van der Waals surface area (Å²) >= 11 is 0. The number of benzene rings is 1. The Kier molecular flexibility index (Phi) is 3.67. The summed E-state index contributed by atoms with van der Waals surface area (Å²) < 4.78 is 5.45. The summed E-state index contributed by atoms with van der Waals surface area (Å²) in [6.45, 7) is 3.53. The lowest BCUT2D eigenvalue weighted by molar-refractivity contribution is -0.267. The monoisotopic (exact) mass is 315 g/mol. The summed E-state index contributed by atoms with van der Waals surface area (Å²) in [5, 5.41) is 4.33. The molecule has 2 N–H and O–H groups in total. The molecule has 0 spiro atoms. The molecule has 2 amide bonds. The van der Waals surface area contributed by atoms with Crippen molar-refractivity contribution in [2.75, 3.05) is 14.2 Å². The lowest BCUT2D eigenvalue weighted by Crippen LogP contribution is -2.67. The van der Waals surface area contributed by atoms with Gasteiger partial charge in [-0.2, -0.15) is 5.06 Å². The number of hydrogen-bond donors (Lipinski definition) is 2. The van der Waals surface area contributed by atoms with Crippen LogP contribution in [0.4, 0.5) is 0 Å². The number of ether oxygens (including phenoxy) is 1. The van der Waals surface area contributed by atoms with Gasteiger partial charge in [0, 0.05) is 30.6 Å². The van der Waals surface area contributed by atoms with E-state index >= 15 is 0 Å². The fraction of sp³-hybridized carbons (Fsp3) is 0.250. The van der Waals surface area contributed by atoms with Crippen LogP contribution >= 0.6 is 0 Å². The summed E-state index contributed by atoms with van der Waals surface area (Å²) in [5.74, 6) is -1.05. The second-order valence-corrected chi connectivity index (χ2v) is 5.24. The number of H-pyrrole nitrogens is 1. The number of nitrogens with one attached hydrogen (secondary N) is 2. The molecule has 7 heteroatoms. The zero-order valence-corrected chi connectivity index (χ0v) is 12.9. The molecule has 1 atom stereocenters. The second-order valence-electron chi connectivity index (χ2n) is 5.24. The molecular weight excluding hydrogens is 298 g/mol. The molecule has 1 aromatic heterocycles. The highest BCUT2D eigenvalue weighted by Crippen LogP contribution is 2.30. The fourth-order valence-electron chi connectivity index (χ4n) is 2.83. The molecule has 2 heterocycles. The van der Waals surface area contributed by atoms with Crippen molar-refractivity contribution in [1.29, 1.82) is 0 Å². The Balaban J connectivity index is 2.07. The first kappa shape index (κ1) is 15.3. The summed E-state index contributed by atoms with van der Waals surface area (Å²) in [6.07, 6.45) is 1.92. The van der Waals surface area contributed by atoms with Crippen molar-refractivity contribution in [3.8, 4) is 0 Å². The van der Waals surface area contributed by atoms with Gasteiger partial charge < -0.3 is 15.0 Å². The van der Waals surface area contributed by atoms with Crippen molar-refractivity contribution in [3.05, 3.63) is 48.3 Å². The maximum absolute atomic E-state index is 12.6. The number of aromatic amines is 1. The topological polar surface area (TPSA) is 83.7 Å². The molecular formula is C16H17N3O4. The first-order valence-electron chi connectivity index (χ1n) is 7.02. The van der Waals surface area contributed by atoms with E-state index in [2.05, 4.69) is 16.9 Å². The van der Waals surface area contributed by atoms with Crippen molar-refractivity contribution in [3.63, 3.8) is 0 Å². The van der Waals surface area contributed by atoms with Crippen molar-refractivity contribution in [1.82, 2.24) is 15.4 Å². The van der Waals surface area contributed by atoms with E-state index in [4.69, 9.17) is 9.57 Å². The molecule has 0 saturated carbocycles. The number of nitrogens with zero attached hydrogens (tertiary/aromatic N) is 1. The molecule has 0 radical (unpaired) electrons. The molecule has 1 aliphatic heterocycles. The number of aromatic nitrogens is 1. The van der Waals surface area contributed by atoms with Gasteiger partial charge in [0.15, 0.2) is 0 Å². The van der Waals surface area contributed by atoms with Crippen LogP contribution in [0.2, 0.25) is 0 Å². The smallest absolute Gasteiger partial charge is 0.296 e. The van der Waals surface area contributed by atoms with Gasteiger partial charge in [-0.1, -0.05) is 24.8 Å². The van der Waals surface area contributed by atoms with Crippen molar-refractivity contribution >= 4 is 22.7 Å². The van der Waals surface area contributed by atoms with E-state index in [9.17, 15) is 9.59 Å². The number of piperazine rings is 1. The van der Waals surface area contributed by atoms with E-state index < -0.39 is 17.5 Å². The fourth-order valence-corrected chi connectivity index (χ4v) is 2.83. The van der Waals surface area contributed by atoms with Gasteiger partial charge >= 0.3 is 0 Å². The van der Waals surface area contributed by atoms with Gasteiger partial charge in [0.1, 0.15) is 5.70 Å². The molecule has 1 saturated heterocycles. The first-order valence-corrected chi connectivity index (χ1v) is 7.02. The van der Waals surface area contributed by atoms with Gasteiger partial charge in [-0.15, -0.1) is 0 Å². The zero-order valence-electron chi connectivity index (χ0n) is 12.9. The number of para-hydroxylation sites is 1. The van der Waals surface area contributed by atoms with Crippen LogP contribution < -0.4 is 5.32 Å². The predicted molar refractivity (Wildman–Crippen MR) is 82.9 cm³/mol. The zero-order chi connectivity index (χ0) is 16.6. The molecule has 7 nitrogen and oxygen atoms in total. The number of carbonyl (C=O) groups is 2. The molecule has 2 aromatic rings. The van der Waals surface area contributed by atoms with Crippen LogP contribution in [0, 0.1) is 0 Å². The summed E-state index contributed by atoms with van der Waals surface area (Å²) in [4.78, 5) is 33.1. The second kappa shape index (κ2) is 5.53. The predicted octanol–water partition coefficient (Wildman–Crippen LogP) is 1.09. The minimum absolute atomic E-state index is 0.0524. The van der Waals surface area contributed by atoms with Crippen molar-refractivity contribution in [2.24, 2.45) is 0 Å². The molecule has 120 valence electrons. The Hall–Kier alpha value is -2.64. The highest BCUT2D eigenvalue weighted by Gasteiger charge is 2.53. The molecule has 1 fully saturated rings. The Bertz CT molecular complexity index is 797. The molecule has 0 aliphatic carbocycles. The van der Waals surface area contributed by atoms with Gasteiger partial charge in [0.2, 0.25) is 0 Å². The summed E-state index contributed by atoms with van der Waals surface area (Å²) in [6, 6.07) is 7.68. The van der Waals surface area contributed by atoms with Crippen LogP contribution in [0.15, 0.2) is 42.7 Å². The van der Waals surface area contributed by atoms with Crippen LogP contribution in [0.3, 0.4) is 0 Å². The maximum atomic E-state index is 12.6. The van der Waals surface area contributed by atoms with Crippen LogP contribution in [0.25, 0.3) is 10.9 Å². The Morgan fingerprint density at radius 3 is 2.70 bits per heavy atom. The molecule has 3 rings (SSSR count). The van der Waals surface area contributed by atoms with E-state index in [0.717, 1.165) is 21.5 Å². The standard InChI is InChI=1S/C16H17N3O4/c1-10-14(20)19(23-3)16(22-2,15(21)18-10)8-11-9-17-13-7-5-4-6-12(11)13/h4-7,9,17H,1,8H2,2-3H3,(H,18,21)/t16-/m0/s1. The third-order valence-corrected chi connectivity index (χ3v) is 4.02. The van der Waals surface area contributed by atoms with Gasteiger partial charge in [0.25, 0.3) is 17.5 Å². The average molecular weight is 315 g/mol. The number of fused-ring (bicyclic) bond motifs is 1. The largest absolute Gasteiger partial charge is 0.361 e. The number of hydrogen-bond acceptors (Lipinski definition) is 4. The first-order chi connectivity index (χ1) is 11.0. The van der Waals surface area contributed by atoms with Crippen LogP contribution in [-0.2, 0) is 25.6 Å². The van der Waals surface area contributed by atoms with Crippen LogP contribution in [-0.4, -0.2) is 41.8 Å². The van der Waals surface area contributed by atoms with E-state index in [1.165, 1.54) is 14.2 Å². The number of carbonyl (C=O) groups excluding carboxylic acids is 2. The van der Waals surface area contributed by atoms with Gasteiger partial charge in [-0.05, 0) is 11.6 Å². The Morgan fingerprint density at radius 1 is 1.26 bits per heavy atom. The van der Waals surface area contributed by atoms with E-state index in [1.807, 2.05) is 24.3 Å². The Morgan fingerprint density at radius 2 is 2.00 bits per heavy atom. The third kappa shape index (κ3) is 2.21. The van der Waals surface area contributed by atoms with E-state index in [0.29, 0.717) is 0 Å². The van der Waals surface area contributed by atoms with Gasteiger partial charge in [-0.25, -0.2) is 0 Å². The average Bonchev–Trinajstić information content (AvgIpc) is 2.96. The highest BCUT2D eigenvalue weighted by atomic mass is 16.7. The molecule has 0 bridgehead atoms. The molecule has 1 aromatic carbocycles. The van der Waals surface area contributed by atoms with Crippen LogP contribution in [0.1, 0.15) is 5.56 Å². The highest BCUT2D eigenvalue weighted by molar-refractivity contribution is 6.05. The quantitative estimate of drug-likeness (QED) is 0.827. The van der Waals surface area contributed by atoms with Crippen molar-refractivity contribution < 1.29 is 19.2 Å². The Labute approximate surface area is 132 Å². The number of methoxy groups -OCH3 is 1. The van der Waals surface area contributed by atoms with E-state index in [1.54, 1.807) is 6.20 Å². The number of hydroxylamine groups is 2. The lowest BCUT2D eigenvalue weighted by Gasteiger charge is -2.42. The summed E-state index contributed by atoms with van der Waals surface area (Å²) in [7, 11) is 2.68. The molecule has 1 aliphatic rings. The number of rotatable bonds is 4. The van der Waals surface area contributed by atoms with E-state index in [-0.39, 0.29) is 12.1 Å². The molecule has 23 heavy (non-hydrogen) atoms.